The predicted octanol–water partition coefficient (Wildman–Crippen LogP) is 3.70. The quantitative estimate of drug-likeness (QED) is 0.283. The molecule has 1 aromatic rings. The van der Waals surface area contributed by atoms with E-state index in [1.54, 1.807) is 6.92 Å². The molecule has 25 heavy (non-hydrogen) atoms. The zero-order valence-electron chi connectivity index (χ0n) is 15.0. The molecule has 0 aliphatic rings. The van der Waals surface area contributed by atoms with Crippen molar-refractivity contribution < 1.29 is 19.2 Å². The summed E-state index contributed by atoms with van der Waals surface area (Å²) in [6, 6.07) is 2.77. The molecule has 7 nitrogen and oxygen atoms in total. The second kappa shape index (κ2) is 9.15. The van der Waals surface area contributed by atoms with Crippen LogP contribution >= 0.6 is 0 Å². The van der Waals surface area contributed by atoms with Gasteiger partial charge in [0.15, 0.2) is 6.29 Å². The number of rotatable bonds is 11. The molecule has 0 heterocycles. The largest absolute Gasteiger partial charge is 0.487 e. The monoisotopic (exact) mass is 350 g/mol. The van der Waals surface area contributed by atoms with Gasteiger partial charge >= 0.3 is 0 Å². The van der Waals surface area contributed by atoms with Crippen LogP contribution in [0, 0.1) is 17.0 Å². The smallest absolute Gasteiger partial charge is 0.280 e. The molecular weight excluding hydrogens is 324 g/mol. The van der Waals surface area contributed by atoms with Gasteiger partial charge in [-0.15, -0.1) is 0 Å². The minimum Gasteiger partial charge on any atom is -0.487 e. The minimum absolute atomic E-state index is 0.00769. The number of carbonyl (C=O) groups excluding carboxylic acids is 2. The number of amides is 1. The summed E-state index contributed by atoms with van der Waals surface area (Å²) in [5.41, 5.74) is 4.81. The second-order valence-electron chi connectivity index (χ2n) is 6.47. The van der Waals surface area contributed by atoms with Crippen molar-refractivity contribution in [2.24, 2.45) is 5.73 Å². The van der Waals surface area contributed by atoms with Crippen LogP contribution in [0.15, 0.2) is 12.1 Å². The van der Waals surface area contributed by atoms with Crippen molar-refractivity contribution in [2.75, 3.05) is 0 Å². The highest BCUT2D eigenvalue weighted by atomic mass is 16.6. The average Bonchev–Trinajstić information content (AvgIpc) is 2.55. The van der Waals surface area contributed by atoms with E-state index in [0.29, 0.717) is 24.0 Å². The van der Waals surface area contributed by atoms with Gasteiger partial charge in [-0.3, -0.25) is 19.7 Å². The maximum atomic E-state index is 11.3. The van der Waals surface area contributed by atoms with Gasteiger partial charge in [-0.25, -0.2) is 0 Å². The molecule has 1 atom stereocenters. The number of primary amides is 1. The Labute approximate surface area is 147 Å². The highest BCUT2D eigenvalue weighted by molar-refractivity contribution is 5.84. The molecule has 0 aromatic heterocycles. The fourth-order valence-corrected chi connectivity index (χ4v) is 2.74. The first-order valence-corrected chi connectivity index (χ1v) is 8.44. The lowest BCUT2D eigenvalue weighted by molar-refractivity contribution is -0.385. The molecule has 0 spiro atoms. The minimum atomic E-state index is -0.634. The molecule has 0 saturated heterocycles. The number of hydrogen-bond donors (Lipinski definition) is 1. The second-order valence-corrected chi connectivity index (χ2v) is 6.47. The van der Waals surface area contributed by atoms with E-state index in [1.165, 1.54) is 12.1 Å². The van der Waals surface area contributed by atoms with Crippen LogP contribution in [0.25, 0.3) is 0 Å². The Balaban J connectivity index is 3.12. The number of nitro benzene ring substituents is 1. The Kier molecular flexibility index (Phi) is 7.54. The molecule has 7 heteroatoms. The zero-order chi connectivity index (χ0) is 19.0. The van der Waals surface area contributed by atoms with Crippen molar-refractivity contribution in [2.45, 2.75) is 64.9 Å². The van der Waals surface area contributed by atoms with Gasteiger partial charge < -0.3 is 10.5 Å². The van der Waals surface area contributed by atoms with Crippen LogP contribution < -0.4 is 10.5 Å². The van der Waals surface area contributed by atoms with Gasteiger partial charge in [-0.05, 0) is 39.2 Å². The number of hydrogen-bond acceptors (Lipinski definition) is 5. The van der Waals surface area contributed by atoms with Gasteiger partial charge in [0.2, 0.25) is 5.91 Å². The van der Waals surface area contributed by atoms with Crippen LogP contribution in [0.1, 0.15) is 68.3 Å². The van der Waals surface area contributed by atoms with Crippen molar-refractivity contribution in [3.05, 3.63) is 33.4 Å². The summed E-state index contributed by atoms with van der Waals surface area (Å²) in [6.45, 7) is 5.61. The molecule has 0 saturated carbocycles. The fourth-order valence-electron chi connectivity index (χ4n) is 2.74. The summed E-state index contributed by atoms with van der Waals surface area (Å²) in [7, 11) is 0. The third-order valence-electron chi connectivity index (χ3n) is 4.32. The first-order valence-electron chi connectivity index (χ1n) is 8.44. The van der Waals surface area contributed by atoms with Crippen LogP contribution in [0.4, 0.5) is 5.69 Å². The highest BCUT2D eigenvalue weighted by Gasteiger charge is 2.29. The summed E-state index contributed by atoms with van der Waals surface area (Å²) in [4.78, 5) is 32.9. The summed E-state index contributed by atoms with van der Waals surface area (Å²) >= 11 is 0. The molecule has 138 valence electrons. The molecule has 0 aliphatic heterocycles. The maximum absolute atomic E-state index is 11.3. The number of nitro groups is 1. The Morgan fingerprint density at radius 1 is 1.36 bits per heavy atom. The number of carbonyl (C=O) groups is 2. The zero-order valence-corrected chi connectivity index (χ0v) is 15.0. The van der Waals surface area contributed by atoms with Gasteiger partial charge in [-0.1, -0.05) is 19.8 Å². The normalized spacial score (nSPS) is 13.1. The van der Waals surface area contributed by atoms with E-state index < -0.39 is 16.4 Å². The van der Waals surface area contributed by atoms with E-state index >= 15 is 0 Å². The number of unbranched alkanes of at least 4 members (excludes halogenated alkanes) is 2. The molecule has 1 aromatic carbocycles. The molecule has 2 N–H and O–H groups in total. The molecule has 0 aliphatic carbocycles. The fraction of sp³-hybridized carbons (Fsp3) is 0.556. The van der Waals surface area contributed by atoms with Gasteiger partial charge in [0.1, 0.15) is 11.4 Å². The first-order chi connectivity index (χ1) is 11.7. The Hall–Kier alpha value is -2.44. The molecule has 1 unspecified atom stereocenters. The van der Waals surface area contributed by atoms with Gasteiger partial charge in [0.05, 0.1) is 10.5 Å². The lowest BCUT2D eigenvalue weighted by atomic mass is 9.92. The SMILES string of the molecule is CCCCCC(C)(CCC(N)=O)Oc1ccc([N+](=O)[O-])c(C=O)c1C. The third kappa shape index (κ3) is 5.85. The van der Waals surface area contributed by atoms with Crippen molar-refractivity contribution in [1.82, 2.24) is 0 Å². The van der Waals surface area contributed by atoms with Crippen molar-refractivity contribution >= 4 is 17.9 Å². The first kappa shape index (κ1) is 20.6. The standard InChI is InChI=1S/C18H26N2O5/c1-4-5-6-10-18(3,11-9-17(19)22)25-16-8-7-15(20(23)24)14(12-21)13(16)2/h7-8,12H,4-6,9-11H2,1-3H3,(H2,19,22). The number of benzene rings is 1. The van der Waals surface area contributed by atoms with E-state index in [9.17, 15) is 19.7 Å². The summed E-state index contributed by atoms with van der Waals surface area (Å²) in [6.07, 6.45) is 4.84. The van der Waals surface area contributed by atoms with Crippen LogP contribution in [-0.2, 0) is 4.79 Å². The molecular formula is C18H26N2O5. The van der Waals surface area contributed by atoms with Gasteiger partial charge in [0, 0.05) is 18.1 Å². The maximum Gasteiger partial charge on any atom is 0.280 e. The predicted molar refractivity (Wildman–Crippen MR) is 94.8 cm³/mol. The Bertz CT molecular complexity index is 645. The summed E-state index contributed by atoms with van der Waals surface area (Å²) in [5.74, 6) is 0.00971. The van der Waals surface area contributed by atoms with Crippen LogP contribution in [0.3, 0.4) is 0 Å². The van der Waals surface area contributed by atoms with Crippen LogP contribution in [-0.4, -0.2) is 22.7 Å². The number of nitrogens with zero attached hydrogens (tertiary/aromatic N) is 1. The summed E-state index contributed by atoms with van der Waals surface area (Å²) < 4.78 is 6.12. The van der Waals surface area contributed by atoms with E-state index in [2.05, 4.69) is 6.92 Å². The van der Waals surface area contributed by atoms with Gasteiger partial charge in [-0.2, -0.15) is 0 Å². The van der Waals surface area contributed by atoms with E-state index in [4.69, 9.17) is 10.5 Å². The average molecular weight is 350 g/mol. The lowest BCUT2D eigenvalue weighted by Gasteiger charge is -2.31. The Morgan fingerprint density at radius 2 is 2.04 bits per heavy atom. The van der Waals surface area contributed by atoms with Gasteiger partial charge in [0.25, 0.3) is 5.69 Å². The molecule has 0 bridgehead atoms. The van der Waals surface area contributed by atoms with Crippen molar-refractivity contribution in [1.29, 1.82) is 0 Å². The Morgan fingerprint density at radius 3 is 2.56 bits per heavy atom. The van der Waals surface area contributed by atoms with E-state index in [0.717, 1.165) is 25.7 Å². The lowest BCUT2D eigenvalue weighted by Crippen LogP contribution is -2.34. The summed E-state index contributed by atoms with van der Waals surface area (Å²) in [5, 5.41) is 11.0. The topological polar surface area (TPSA) is 113 Å². The number of ether oxygens (including phenoxy) is 1. The molecule has 1 amide bonds. The highest BCUT2D eigenvalue weighted by Crippen LogP contribution is 2.34. The van der Waals surface area contributed by atoms with Crippen LogP contribution in [0.2, 0.25) is 0 Å². The van der Waals surface area contributed by atoms with Crippen molar-refractivity contribution in [3.63, 3.8) is 0 Å². The van der Waals surface area contributed by atoms with Crippen molar-refractivity contribution in [3.8, 4) is 5.75 Å². The number of nitrogens with two attached hydrogens (primary N) is 1. The van der Waals surface area contributed by atoms with E-state index in [-0.39, 0.29) is 17.7 Å². The van der Waals surface area contributed by atoms with Crippen LogP contribution in [0.5, 0.6) is 5.75 Å². The third-order valence-corrected chi connectivity index (χ3v) is 4.32. The molecule has 1 rings (SSSR count). The van der Waals surface area contributed by atoms with E-state index in [1.807, 2.05) is 6.92 Å². The number of aldehydes is 1. The molecule has 0 fully saturated rings. The molecule has 0 radical (unpaired) electrons.